The lowest BCUT2D eigenvalue weighted by Gasteiger charge is -2.25. The first-order chi connectivity index (χ1) is 7.83. The summed E-state index contributed by atoms with van der Waals surface area (Å²) in [5.41, 5.74) is 1.39. The number of carbonyl (C=O) groups is 1. The zero-order chi connectivity index (χ0) is 11.0. The van der Waals surface area contributed by atoms with Gasteiger partial charge in [0.1, 0.15) is 5.75 Å². The molecule has 0 bridgehead atoms. The van der Waals surface area contributed by atoms with Crippen LogP contribution in [0.25, 0.3) is 0 Å². The van der Waals surface area contributed by atoms with Gasteiger partial charge in [0.25, 0.3) is 0 Å². The zero-order valence-corrected chi connectivity index (χ0v) is 9.32. The maximum Gasteiger partial charge on any atom is 0.314 e. The number of benzene rings is 1. The maximum absolute atomic E-state index is 11.4. The van der Waals surface area contributed by atoms with Crippen LogP contribution in [0.1, 0.15) is 43.6 Å². The summed E-state index contributed by atoms with van der Waals surface area (Å²) in [5.74, 6) is 1.55. The van der Waals surface area contributed by atoms with Crippen LogP contribution in [0.15, 0.2) is 24.3 Å². The van der Waals surface area contributed by atoms with Gasteiger partial charge in [-0.1, -0.05) is 18.6 Å². The van der Waals surface area contributed by atoms with Gasteiger partial charge < -0.3 is 4.74 Å². The molecule has 0 atom stereocenters. The van der Waals surface area contributed by atoms with E-state index in [1.165, 1.54) is 24.8 Å². The highest BCUT2D eigenvalue weighted by Crippen LogP contribution is 2.37. The average molecular weight is 216 g/mol. The third-order valence-electron chi connectivity index (χ3n) is 3.59. The Kier molecular flexibility index (Phi) is 2.43. The van der Waals surface area contributed by atoms with Gasteiger partial charge in [-0.05, 0) is 49.3 Å². The molecule has 0 unspecified atom stereocenters. The number of rotatable bonds is 3. The molecule has 2 heteroatoms. The minimum Gasteiger partial charge on any atom is -0.426 e. The topological polar surface area (TPSA) is 26.3 Å². The molecule has 2 aliphatic rings. The molecule has 2 aliphatic carbocycles. The molecule has 84 valence electrons. The SMILES string of the molecule is O=C(Oc1ccc(C2CCC2)cc1)C1CC1. The summed E-state index contributed by atoms with van der Waals surface area (Å²) in [6, 6.07) is 8.04. The second-order valence-electron chi connectivity index (χ2n) is 4.89. The van der Waals surface area contributed by atoms with Crippen molar-refractivity contribution in [1.82, 2.24) is 0 Å². The highest BCUT2D eigenvalue weighted by atomic mass is 16.5. The summed E-state index contributed by atoms with van der Waals surface area (Å²) in [6.07, 6.45) is 5.96. The predicted molar refractivity (Wildman–Crippen MR) is 61.4 cm³/mol. The number of hydrogen-bond donors (Lipinski definition) is 0. The van der Waals surface area contributed by atoms with Crippen LogP contribution in [0.5, 0.6) is 5.75 Å². The van der Waals surface area contributed by atoms with Gasteiger partial charge in [0.05, 0.1) is 5.92 Å². The Hall–Kier alpha value is -1.31. The van der Waals surface area contributed by atoms with Crippen molar-refractivity contribution in [2.75, 3.05) is 0 Å². The molecule has 1 aromatic rings. The molecule has 1 aromatic carbocycles. The second-order valence-corrected chi connectivity index (χ2v) is 4.89. The lowest BCUT2D eigenvalue weighted by Crippen LogP contribution is -2.11. The molecular formula is C14H16O2. The molecule has 3 rings (SSSR count). The summed E-state index contributed by atoms with van der Waals surface area (Å²) in [7, 11) is 0. The molecule has 0 aliphatic heterocycles. The number of carbonyl (C=O) groups excluding carboxylic acids is 1. The molecule has 0 heterocycles. The van der Waals surface area contributed by atoms with Gasteiger partial charge in [0.15, 0.2) is 0 Å². The summed E-state index contributed by atoms with van der Waals surface area (Å²) in [6.45, 7) is 0. The summed E-state index contributed by atoms with van der Waals surface area (Å²) in [5, 5.41) is 0. The number of hydrogen-bond acceptors (Lipinski definition) is 2. The molecule has 2 fully saturated rings. The lowest BCUT2D eigenvalue weighted by molar-refractivity contribution is -0.135. The minimum atomic E-state index is -0.0589. The normalized spacial score (nSPS) is 20.2. The van der Waals surface area contributed by atoms with Crippen molar-refractivity contribution >= 4 is 5.97 Å². The Labute approximate surface area is 95.6 Å². The number of esters is 1. The van der Waals surface area contributed by atoms with Crippen LogP contribution in [0.4, 0.5) is 0 Å². The quantitative estimate of drug-likeness (QED) is 0.572. The molecule has 0 saturated heterocycles. The highest BCUT2D eigenvalue weighted by Gasteiger charge is 2.31. The van der Waals surface area contributed by atoms with Gasteiger partial charge in [-0.25, -0.2) is 0 Å². The summed E-state index contributed by atoms with van der Waals surface area (Å²) in [4.78, 5) is 11.4. The summed E-state index contributed by atoms with van der Waals surface area (Å²) >= 11 is 0. The van der Waals surface area contributed by atoms with Crippen LogP contribution >= 0.6 is 0 Å². The maximum atomic E-state index is 11.4. The Morgan fingerprint density at radius 2 is 1.75 bits per heavy atom. The molecule has 0 aromatic heterocycles. The molecule has 0 amide bonds. The molecule has 0 radical (unpaired) electrons. The van der Waals surface area contributed by atoms with Crippen LogP contribution in [0.3, 0.4) is 0 Å². The zero-order valence-electron chi connectivity index (χ0n) is 9.32. The molecule has 2 saturated carbocycles. The van der Waals surface area contributed by atoms with Crippen LogP contribution in [0, 0.1) is 5.92 Å². The standard InChI is InChI=1S/C14H16O2/c15-14(12-4-5-12)16-13-8-6-11(7-9-13)10-2-1-3-10/h6-10,12H,1-5H2. The smallest absolute Gasteiger partial charge is 0.314 e. The molecular weight excluding hydrogens is 200 g/mol. The van der Waals surface area contributed by atoms with Crippen LogP contribution in [0.2, 0.25) is 0 Å². The van der Waals surface area contributed by atoms with Crippen molar-refractivity contribution in [2.24, 2.45) is 5.92 Å². The van der Waals surface area contributed by atoms with Crippen LogP contribution < -0.4 is 4.74 Å². The van der Waals surface area contributed by atoms with E-state index < -0.39 is 0 Å². The second kappa shape index (κ2) is 3.93. The van der Waals surface area contributed by atoms with Crippen LogP contribution in [-0.4, -0.2) is 5.97 Å². The van der Waals surface area contributed by atoms with Crippen molar-refractivity contribution in [3.63, 3.8) is 0 Å². The Balaban J connectivity index is 1.64. The van der Waals surface area contributed by atoms with Gasteiger partial charge in [-0.3, -0.25) is 4.79 Å². The van der Waals surface area contributed by atoms with E-state index in [1.54, 1.807) is 0 Å². The predicted octanol–water partition coefficient (Wildman–Crippen LogP) is 3.27. The first kappa shape index (κ1) is 9.88. The Morgan fingerprint density at radius 1 is 1.06 bits per heavy atom. The highest BCUT2D eigenvalue weighted by molar-refractivity contribution is 5.77. The van der Waals surface area contributed by atoms with E-state index in [4.69, 9.17) is 4.74 Å². The van der Waals surface area contributed by atoms with E-state index in [2.05, 4.69) is 12.1 Å². The van der Waals surface area contributed by atoms with E-state index >= 15 is 0 Å². The fraction of sp³-hybridized carbons (Fsp3) is 0.500. The largest absolute Gasteiger partial charge is 0.426 e. The number of ether oxygens (including phenoxy) is 1. The van der Waals surface area contributed by atoms with Crippen molar-refractivity contribution in [1.29, 1.82) is 0 Å². The minimum absolute atomic E-state index is 0.0589. The van der Waals surface area contributed by atoms with Gasteiger partial charge in [-0.2, -0.15) is 0 Å². The lowest BCUT2D eigenvalue weighted by atomic mass is 9.80. The van der Waals surface area contributed by atoms with Crippen molar-refractivity contribution < 1.29 is 9.53 Å². The Bertz CT molecular complexity index is 386. The molecule has 0 N–H and O–H groups in total. The first-order valence-corrected chi connectivity index (χ1v) is 6.14. The van der Waals surface area contributed by atoms with E-state index in [1.807, 2.05) is 12.1 Å². The third-order valence-corrected chi connectivity index (χ3v) is 3.59. The monoisotopic (exact) mass is 216 g/mol. The molecule has 0 spiro atoms. The fourth-order valence-electron chi connectivity index (χ4n) is 2.07. The first-order valence-electron chi connectivity index (χ1n) is 6.14. The average Bonchev–Trinajstić information content (AvgIpc) is 3.01. The van der Waals surface area contributed by atoms with Crippen molar-refractivity contribution in [3.8, 4) is 5.75 Å². The van der Waals surface area contributed by atoms with Crippen molar-refractivity contribution in [2.45, 2.75) is 38.0 Å². The summed E-state index contributed by atoms with van der Waals surface area (Å²) < 4.78 is 5.29. The third kappa shape index (κ3) is 1.97. The Morgan fingerprint density at radius 3 is 2.25 bits per heavy atom. The van der Waals surface area contributed by atoms with E-state index in [-0.39, 0.29) is 11.9 Å². The molecule has 16 heavy (non-hydrogen) atoms. The van der Waals surface area contributed by atoms with E-state index in [9.17, 15) is 4.79 Å². The van der Waals surface area contributed by atoms with Crippen LogP contribution in [-0.2, 0) is 4.79 Å². The fourth-order valence-corrected chi connectivity index (χ4v) is 2.07. The van der Waals surface area contributed by atoms with E-state index in [0.717, 1.165) is 18.8 Å². The van der Waals surface area contributed by atoms with Crippen molar-refractivity contribution in [3.05, 3.63) is 29.8 Å². The van der Waals surface area contributed by atoms with Gasteiger partial charge in [0.2, 0.25) is 0 Å². The molecule has 2 nitrogen and oxygen atoms in total. The van der Waals surface area contributed by atoms with E-state index in [0.29, 0.717) is 5.75 Å². The van der Waals surface area contributed by atoms with Gasteiger partial charge >= 0.3 is 5.97 Å². The van der Waals surface area contributed by atoms with Gasteiger partial charge in [0, 0.05) is 0 Å². The van der Waals surface area contributed by atoms with Gasteiger partial charge in [-0.15, -0.1) is 0 Å².